The number of benzene rings is 4. The third-order valence-electron chi connectivity index (χ3n) is 5.08. The van der Waals surface area contributed by atoms with E-state index >= 15 is 0 Å². The topological polar surface area (TPSA) is 52.5 Å². The van der Waals surface area contributed by atoms with Crippen molar-refractivity contribution in [2.75, 3.05) is 0 Å². The van der Waals surface area contributed by atoms with Crippen molar-refractivity contribution in [1.82, 2.24) is 4.57 Å². The molecule has 1 aromatic heterocycles. The van der Waals surface area contributed by atoms with Crippen LogP contribution in [0.15, 0.2) is 78.9 Å². The highest BCUT2D eigenvalue weighted by Gasteiger charge is 2.17. The van der Waals surface area contributed by atoms with Gasteiger partial charge in [-0.2, -0.15) is 10.5 Å². The molecule has 27 heavy (non-hydrogen) atoms. The Morgan fingerprint density at radius 3 is 2.22 bits per heavy atom. The van der Waals surface area contributed by atoms with Crippen LogP contribution < -0.4 is 0 Å². The van der Waals surface area contributed by atoms with Gasteiger partial charge >= 0.3 is 0 Å². The first-order valence-corrected chi connectivity index (χ1v) is 8.68. The fourth-order valence-electron chi connectivity index (χ4n) is 3.94. The standard InChI is InChI=1S/C24H13N3/c25-14-17-7-5-11-22(20(17)15-26)27-21-10-4-3-9-19(21)24-18-8-2-1-6-16(18)12-13-23(24)27/h1-13H. The van der Waals surface area contributed by atoms with Crippen molar-refractivity contribution in [2.45, 2.75) is 0 Å². The third-order valence-corrected chi connectivity index (χ3v) is 5.08. The van der Waals surface area contributed by atoms with Crippen LogP contribution in [0.1, 0.15) is 11.1 Å². The summed E-state index contributed by atoms with van der Waals surface area (Å²) in [7, 11) is 0. The number of nitriles is 2. The van der Waals surface area contributed by atoms with Gasteiger partial charge in [-0.05, 0) is 35.0 Å². The van der Waals surface area contributed by atoms with E-state index < -0.39 is 0 Å². The third kappa shape index (κ3) is 2.06. The molecule has 1 heterocycles. The summed E-state index contributed by atoms with van der Waals surface area (Å²) in [4.78, 5) is 0. The first-order chi connectivity index (χ1) is 13.3. The first kappa shape index (κ1) is 15.2. The lowest BCUT2D eigenvalue weighted by Gasteiger charge is -2.11. The average Bonchev–Trinajstić information content (AvgIpc) is 3.07. The lowest BCUT2D eigenvalue weighted by molar-refractivity contribution is 1.16. The maximum Gasteiger partial charge on any atom is 0.103 e. The number of hydrogen-bond acceptors (Lipinski definition) is 2. The highest BCUT2D eigenvalue weighted by Crippen LogP contribution is 2.37. The Morgan fingerprint density at radius 2 is 1.41 bits per heavy atom. The van der Waals surface area contributed by atoms with Crippen molar-refractivity contribution in [3.63, 3.8) is 0 Å². The summed E-state index contributed by atoms with van der Waals surface area (Å²) in [5.41, 5.74) is 3.58. The van der Waals surface area contributed by atoms with Crippen LogP contribution >= 0.6 is 0 Å². The number of para-hydroxylation sites is 1. The van der Waals surface area contributed by atoms with E-state index in [2.05, 4.69) is 53.1 Å². The van der Waals surface area contributed by atoms with Crippen molar-refractivity contribution in [3.8, 4) is 17.8 Å². The molecule has 4 aromatic carbocycles. The lowest BCUT2D eigenvalue weighted by atomic mass is 10.0. The summed E-state index contributed by atoms with van der Waals surface area (Å²) in [5.74, 6) is 0. The quantitative estimate of drug-likeness (QED) is 0.393. The Balaban J connectivity index is 2.05. The maximum atomic E-state index is 9.73. The number of nitrogens with zero attached hydrogens (tertiary/aromatic N) is 3. The summed E-state index contributed by atoms with van der Waals surface area (Å²) < 4.78 is 2.09. The maximum absolute atomic E-state index is 9.73. The number of aromatic nitrogens is 1. The molecule has 3 heteroatoms. The van der Waals surface area contributed by atoms with E-state index in [4.69, 9.17) is 0 Å². The van der Waals surface area contributed by atoms with Gasteiger partial charge in [0.2, 0.25) is 0 Å². The highest BCUT2D eigenvalue weighted by atomic mass is 15.0. The second-order valence-corrected chi connectivity index (χ2v) is 6.46. The van der Waals surface area contributed by atoms with Gasteiger partial charge in [-0.25, -0.2) is 0 Å². The molecule has 5 rings (SSSR count). The number of fused-ring (bicyclic) bond motifs is 5. The smallest absolute Gasteiger partial charge is 0.103 e. The average molecular weight is 343 g/mol. The molecular weight excluding hydrogens is 330 g/mol. The van der Waals surface area contributed by atoms with E-state index in [9.17, 15) is 10.5 Å². The van der Waals surface area contributed by atoms with Gasteiger partial charge in [0.05, 0.1) is 27.8 Å². The van der Waals surface area contributed by atoms with E-state index in [-0.39, 0.29) is 0 Å². The molecule has 0 N–H and O–H groups in total. The zero-order valence-electron chi connectivity index (χ0n) is 14.3. The summed E-state index contributed by atoms with van der Waals surface area (Å²) in [6.45, 7) is 0. The zero-order chi connectivity index (χ0) is 18.4. The van der Waals surface area contributed by atoms with Gasteiger partial charge in [0, 0.05) is 10.8 Å². The van der Waals surface area contributed by atoms with Crippen LogP contribution in [0.3, 0.4) is 0 Å². The van der Waals surface area contributed by atoms with E-state index in [0.29, 0.717) is 11.1 Å². The Labute approximate surface area is 155 Å². The highest BCUT2D eigenvalue weighted by molar-refractivity contribution is 6.21. The molecule has 0 aliphatic heterocycles. The minimum absolute atomic E-state index is 0.390. The normalized spacial score (nSPS) is 10.9. The molecule has 0 saturated carbocycles. The summed E-state index contributed by atoms with van der Waals surface area (Å²) >= 11 is 0. The molecule has 0 spiro atoms. The van der Waals surface area contributed by atoms with Crippen LogP contribution in [0.2, 0.25) is 0 Å². The molecule has 0 fully saturated rings. The molecular formula is C24H13N3. The zero-order valence-corrected chi connectivity index (χ0v) is 14.3. The van der Waals surface area contributed by atoms with E-state index in [1.54, 1.807) is 6.07 Å². The van der Waals surface area contributed by atoms with E-state index in [1.165, 1.54) is 10.8 Å². The molecule has 0 amide bonds. The molecule has 0 bridgehead atoms. The summed E-state index contributed by atoms with van der Waals surface area (Å²) in [6.07, 6.45) is 0. The van der Waals surface area contributed by atoms with Gasteiger partial charge in [-0.1, -0.05) is 54.6 Å². The lowest BCUT2D eigenvalue weighted by Crippen LogP contribution is -1.99. The minimum atomic E-state index is 0.390. The van der Waals surface area contributed by atoms with Crippen LogP contribution in [-0.2, 0) is 0 Å². The summed E-state index contributed by atoms with van der Waals surface area (Å²) in [6, 6.07) is 30.5. The number of rotatable bonds is 1. The predicted octanol–water partition coefficient (Wildman–Crippen LogP) is 5.68. The second-order valence-electron chi connectivity index (χ2n) is 6.46. The molecule has 0 radical (unpaired) electrons. The fourth-order valence-corrected chi connectivity index (χ4v) is 3.94. The monoisotopic (exact) mass is 343 g/mol. The minimum Gasteiger partial charge on any atom is -0.308 e. The van der Waals surface area contributed by atoms with Crippen molar-refractivity contribution in [2.24, 2.45) is 0 Å². The van der Waals surface area contributed by atoms with Crippen molar-refractivity contribution >= 4 is 32.6 Å². The molecule has 3 nitrogen and oxygen atoms in total. The van der Waals surface area contributed by atoms with Crippen molar-refractivity contribution in [1.29, 1.82) is 10.5 Å². The van der Waals surface area contributed by atoms with Gasteiger partial charge < -0.3 is 4.57 Å². The van der Waals surface area contributed by atoms with Gasteiger partial charge in [-0.15, -0.1) is 0 Å². The van der Waals surface area contributed by atoms with Crippen LogP contribution in [0.25, 0.3) is 38.3 Å². The number of hydrogen-bond donors (Lipinski definition) is 0. The molecule has 5 aromatic rings. The Bertz CT molecular complexity index is 1440. The first-order valence-electron chi connectivity index (χ1n) is 8.68. The Hall–Kier alpha value is -4.08. The van der Waals surface area contributed by atoms with E-state index in [0.717, 1.165) is 27.5 Å². The van der Waals surface area contributed by atoms with Crippen LogP contribution in [-0.4, -0.2) is 4.57 Å². The Kier molecular flexibility index (Phi) is 3.22. The Morgan fingerprint density at radius 1 is 0.630 bits per heavy atom. The molecule has 0 atom stereocenters. The summed E-state index contributed by atoms with van der Waals surface area (Å²) in [5, 5.41) is 23.8. The molecule has 0 aliphatic rings. The molecule has 0 saturated heterocycles. The fraction of sp³-hybridized carbons (Fsp3) is 0. The van der Waals surface area contributed by atoms with Crippen LogP contribution in [0, 0.1) is 22.7 Å². The molecule has 124 valence electrons. The largest absolute Gasteiger partial charge is 0.308 e. The van der Waals surface area contributed by atoms with Gasteiger partial charge in [0.15, 0.2) is 0 Å². The van der Waals surface area contributed by atoms with Crippen LogP contribution in [0.4, 0.5) is 0 Å². The van der Waals surface area contributed by atoms with Gasteiger partial charge in [-0.3, -0.25) is 0 Å². The van der Waals surface area contributed by atoms with Crippen LogP contribution in [0.5, 0.6) is 0 Å². The second kappa shape index (κ2) is 5.73. The van der Waals surface area contributed by atoms with Gasteiger partial charge in [0.25, 0.3) is 0 Å². The predicted molar refractivity (Wildman–Crippen MR) is 108 cm³/mol. The SMILES string of the molecule is N#Cc1cccc(-n2c3ccccc3c3c4ccccc4ccc32)c1C#N. The molecule has 0 unspecified atom stereocenters. The van der Waals surface area contributed by atoms with Gasteiger partial charge in [0.1, 0.15) is 12.1 Å². The van der Waals surface area contributed by atoms with E-state index in [1.807, 2.05) is 36.4 Å². The van der Waals surface area contributed by atoms with Crippen molar-refractivity contribution < 1.29 is 0 Å². The van der Waals surface area contributed by atoms with Crippen molar-refractivity contribution in [3.05, 3.63) is 90.0 Å². The molecule has 0 aliphatic carbocycles.